The number of aromatic nitrogens is 2. The molecule has 1 aromatic carbocycles. The van der Waals surface area contributed by atoms with E-state index in [0.717, 1.165) is 29.6 Å². The Kier molecular flexibility index (Phi) is 2.76. The maximum Gasteiger partial charge on any atom is 0.255 e. The van der Waals surface area contributed by atoms with E-state index in [1.807, 2.05) is 18.2 Å². The molecule has 1 N–H and O–H groups in total. The zero-order valence-corrected chi connectivity index (χ0v) is 10.2. The summed E-state index contributed by atoms with van der Waals surface area (Å²) in [7, 11) is 1.78. The predicted octanol–water partition coefficient (Wildman–Crippen LogP) is 1.70. The van der Waals surface area contributed by atoms with Crippen LogP contribution in [0.2, 0.25) is 0 Å². The predicted molar refractivity (Wildman–Crippen MR) is 68.5 cm³/mol. The number of anilines is 1. The zero-order valence-electron chi connectivity index (χ0n) is 10.2. The van der Waals surface area contributed by atoms with Crippen molar-refractivity contribution in [1.82, 2.24) is 9.97 Å². The monoisotopic (exact) mass is 245 g/mol. The SMILES string of the molecule is CN(C(=O)C1CCCO1)c1ccc2nc[nH]c2c1. The molecular formula is C13H15N3O2. The third-order valence-electron chi connectivity index (χ3n) is 3.33. The minimum Gasteiger partial charge on any atom is -0.368 e. The third kappa shape index (κ3) is 1.86. The van der Waals surface area contributed by atoms with Gasteiger partial charge in [0.05, 0.1) is 17.4 Å². The van der Waals surface area contributed by atoms with Gasteiger partial charge in [-0.25, -0.2) is 4.98 Å². The molecule has 3 rings (SSSR count). The number of carbonyl (C=O) groups is 1. The van der Waals surface area contributed by atoms with Crippen molar-refractivity contribution >= 4 is 22.6 Å². The van der Waals surface area contributed by atoms with E-state index in [9.17, 15) is 4.79 Å². The minimum absolute atomic E-state index is 0.0198. The molecule has 0 spiro atoms. The van der Waals surface area contributed by atoms with Gasteiger partial charge in [-0.2, -0.15) is 0 Å². The highest BCUT2D eigenvalue weighted by Crippen LogP contribution is 2.22. The second kappa shape index (κ2) is 4.42. The Morgan fingerprint density at radius 2 is 2.44 bits per heavy atom. The standard InChI is InChI=1S/C13H15N3O2/c1-16(13(17)12-3-2-6-18-12)9-4-5-10-11(7-9)15-8-14-10/h4-5,7-8,12H,2-3,6H2,1H3,(H,14,15). The molecule has 1 aromatic heterocycles. The summed E-state index contributed by atoms with van der Waals surface area (Å²) in [4.78, 5) is 21.0. The second-order valence-electron chi connectivity index (χ2n) is 4.50. The van der Waals surface area contributed by atoms with E-state index in [2.05, 4.69) is 9.97 Å². The van der Waals surface area contributed by atoms with Crippen LogP contribution in [0.25, 0.3) is 11.0 Å². The van der Waals surface area contributed by atoms with Crippen molar-refractivity contribution < 1.29 is 9.53 Å². The van der Waals surface area contributed by atoms with Crippen LogP contribution in [0.5, 0.6) is 0 Å². The van der Waals surface area contributed by atoms with Crippen LogP contribution in [0.15, 0.2) is 24.5 Å². The number of aromatic amines is 1. The quantitative estimate of drug-likeness (QED) is 0.876. The van der Waals surface area contributed by atoms with Crippen molar-refractivity contribution in [1.29, 1.82) is 0 Å². The average molecular weight is 245 g/mol. The van der Waals surface area contributed by atoms with Crippen LogP contribution in [0.4, 0.5) is 5.69 Å². The Morgan fingerprint density at radius 3 is 3.22 bits per heavy atom. The van der Waals surface area contributed by atoms with Gasteiger partial charge in [0.25, 0.3) is 5.91 Å². The highest BCUT2D eigenvalue weighted by molar-refractivity contribution is 5.97. The molecule has 0 saturated carbocycles. The molecule has 18 heavy (non-hydrogen) atoms. The molecule has 1 aliphatic rings. The first-order valence-corrected chi connectivity index (χ1v) is 6.08. The first kappa shape index (κ1) is 11.2. The Balaban J connectivity index is 1.85. The number of H-pyrrole nitrogens is 1. The highest BCUT2D eigenvalue weighted by atomic mass is 16.5. The first-order valence-electron chi connectivity index (χ1n) is 6.08. The van der Waals surface area contributed by atoms with Crippen LogP contribution in [0.1, 0.15) is 12.8 Å². The van der Waals surface area contributed by atoms with Crippen molar-refractivity contribution in [2.24, 2.45) is 0 Å². The summed E-state index contributed by atoms with van der Waals surface area (Å²) in [5.41, 5.74) is 2.68. The number of imidazole rings is 1. The molecule has 0 radical (unpaired) electrons. The number of hydrogen-bond acceptors (Lipinski definition) is 3. The Bertz CT molecular complexity index is 572. The van der Waals surface area contributed by atoms with Crippen molar-refractivity contribution in [3.8, 4) is 0 Å². The molecular weight excluding hydrogens is 230 g/mol. The van der Waals surface area contributed by atoms with Gasteiger partial charge in [0.1, 0.15) is 6.10 Å². The maximum atomic E-state index is 12.2. The van der Waals surface area contributed by atoms with Crippen LogP contribution in [0, 0.1) is 0 Å². The summed E-state index contributed by atoms with van der Waals surface area (Å²) in [5, 5.41) is 0. The first-order chi connectivity index (χ1) is 8.75. The Hall–Kier alpha value is -1.88. The number of likely N-dealkylation sites (N-methyl/N-ethyl adjacent to an activating group) is 1. The molecule has 1 unspecified atom stereocenters. The lowest BCUT2D eigenvalue weighted by atomic mass is 10.2. The average Bonchev–Trinajstić information content (AvgIpc) is 3.06. The summed E-state index contributed by atoms with van der Waals surface area (Å²) in [6, 6.07) is 5.73. The number of benzene rings is 1. The lowest BCUT2D eigenvalue weighted by molar-refractivity contribution is -0.127. The zero-order chi connectivity index (χ0) is 12.5. The molecule has 94 valence electrons. The van der Waals surface area contributed by atoms with E-state index in [0.29, 0.717) is 6.61 Å². The number of amides is 1. The number of nitrogens with zero attached hydrogens (tertiary/aromatic N) is 2. The van der Waals surface area contributed by atoms with Gasteiger partial charge in [-0.05, 0) is 31.0 Å². The molecule has 1 saturated heterocycles. The van der Waals surface area contributed by atoms with Crippen molar-refractivity contribution in [3.63, 3.8) is 0 Å². The third-order valence-corrected chi connectivity index (χ3v) is 3.33. The number of rotatable bonds is 2. The fraction of sp³-hybridized carbons (Fsp3) is 0.385. The molecule has 1 amide bonds. The van der Waals surface area contributed by atoms with E-state index in [4.69, 9.17) is 4.74 Å². The van der Waals surface area contributed by atoms with Gasteiger partial charge in [0, 0.05) is 19.3 Å². The van der Waals surface area contributed by atoms with Crippen LogP contribution in [0.3, 0.4) is 0 Å². The van der Waals surface area contributed by atoms with Crippen molar-refractivity contribution in [3.05, 3.63) is 24.5 Å². The van der Waals surface area contributed by atoms with Gasteiger partial charge in [0.2, 0.25) is 0 Å². The van der Waals surface area contributed by atoms with Gasteiger partial charge < -0.3 is 14.6 Å². The topological polar surface area (TPSA) is 58.2 Å². The van der Waals surface area contributed by atoms with Gasteiger partial charge in [-0.1, -0.05) is 0 Å². The molecule has 5 nitrogen and oxygen atoms in total. The highest BCUT2D eigenvalue weighted by Gasteiger charge is 2.27. The van der Waals surface area contributed by atoms with E-state index < -0.39 is 0 Å². The molecule has 2 heterocycles. The van der Waals surface area contributed by atoms with Gasteiger partial charge in [-0.15, -0.1) is 0 Å². The van der Waals surface area contributed by atoms with Crippen molar-refractivity contribution in [2.45, 2.75) is 18.9 Å². The van der Waals surface area contributed by atoms with E-state index in [-0.39, 0.29) is 12.0 Å². The minimum atomic E-state index is -0.285. The molecule has 1 fully saturated rings. The molecule has 5 heteroatoms. The number of hydrogen-bond donors (Lipinski definition) is 1. The van der Waals surface area contributed by atoms with E-state index >= 15 is 0 Å². The molecule has 0 bridgehead atoms. The molecule has 0 aliphatic carbocycles. The number of ether oxygens (including phenoxy) is 1. The molecule has 1 aliphatic heterocycles. The van der Waals surface area contributed by atoms with Crippen LogP contribution in [-0.2, 0) is 9.53 Å². The summed E-state index contributed by atoms with van der Waals surface area (Å²) >= 11 is 0. The molecule has 1 atom stereocenters. The summed E-state index contributed by atoms with van der Waals surface area (Å²) in [5.74, 6) is 0.0198. The number of nitrogens with one attached hydrogen (secondary N) is 1. The fourth-order valence-corrected chi connectivity index (χ4v) is 2.25. The normalized spacial score (nSPS) is 19.3. The second-order valence-corrected chi connectivity index (χ2v) is 4.50. The van der Waals surface area contributed by atoms with Gasteiger partial charge >= 0.3 is 0 Å². The fourth-order valence-electron chi connectivity index (χ4n) is 2.25. The lowest BCUT2D eigenvalue weighted by Crippen LogP contribution is -2.35. The summed E-state index contributed by atoms with van der Waals surface area (Å²) in [6.07, 6.45) is 3.14. The smallest absolute Gasteiger partial charge is 0.255 e. The number of carbonyl (C=O) groups excluding carboxylic acids is 1. The van der Waals surface area contributed by atoms with Crippen LogP contribution >= 0.6 is 0 Å². The van der Waals surface area contributed by atoms with Crippen LogP contribution in [-0.4, -0.2) is 35.6 Å². The van der Waals surface area contributed by atoms with Crippen LogP contribution < -0.4 is 4.90 Å². The maximum absolute atomic E-state index is 12.2. The molecule has 2 aromatic rings. The largest absolute Gasteiger partial charge is 0.368 e. The van der Waals surface area contributed by atoms with E-state index in [1.165, 1.54) is 0 Å². The van der Waals surface area contributed by atoms with E-state index in [1.54, 1.807) is 18.3 Å². The Labute approximate surface area is 105 Å². The van der Waals surface area contributed by atoms with Gasteiger partial charge in [0.15, 0.2) is 0 Å². The van der Waals surface area contributed by atoms with Gasteiger partial charge in [-0.3, -0.25) is 4.79 Å². The lowest BCUT2D eigenvalue weighted by Gasteiger charge is -2.20. The summed E-state index contributed by atoms with van der Waals surface area (Å²) < 4.78 is 5.42. The number of fused-ring (bicyclic) bond motifs is 1. The summed E-state index contributed by atoms with van der Waals surface area (Å²) in [6.45, 7) is 0.684. The Morgan fingerprint density at radius 1 is 1.56 bits per heavy atom. The van der Waals surface area contributed by atoms with Crippen molar-refractivity contribution in [2.75, 3.05) is 18.6 Å².